The van der Waals surface area contributed by atoms with E-state index in [1.807, 2.05) is 5.92 Å². The molecule has 0 fully saturated rings. The molecule has 1 rings (SSSR count). The molecule has 0 spiro atoms. The van der Waals surface area contributed by atoms with E-state index < -0.39 is 5.97 Å². The van der Waals surface area contributed by atoms with E-state index in [4.69, 9.17) is 5.11 Å². The number of carboxylic acid groups (broad SMARTS) is 1. The van der Waals surface area contributed by atoms with Gasteiger partial charge < -0.3 is 5.11 Å². The summed E-state index contributed by atoms with van der Waals surface area (Å²) >= 11 is 0. The zero-order chi connectivity index (χ0) is 8.10. The number of carboxylic acids is 1. The van der Waals surface area contributed by atoms with Gasteiger partial charge in [0, 0.05) is 18.3 Å². The van der Waals surface area contributed by atoms with Crippen LogP contribution in [0.25, 0.3) is 0 Å². The summed E-state index contributed by atoms with van der Waals surface area (Å²) < 4.78 is 0. The second-order valence-corrected chi connectivity index (χ2v) is 1.65. The molecule has 1 aromatic heterocycles. The van der Waals surface area contributed by atoms with Crippen LogP contribution >= 0.6 is 0 Å². The van der Waals surface area contributed by atoms with Crippen LogP contribution in [0.1, 0.15) is 5.69 Å². The fourth-order valence-electron chi connectivity index (χ4n) is 0.481. The Hall–Kier alpha value is -1.89. The third kappa shape index (κ3) is 2.45. The van der Waals surface area contributed by atoms with Gasteiger partial charge in [-0.05, 0) is 5.92 Å². The molecule has 54 valence electrons. The SMILES string of the molecule is O=C(O)C#Cc1cnccn1. The first-order valence-corrected chi connectivity index (χ1v) is 2.80. The van der Waals surface area contributed by atoms with Gasteiger partial charge in [0.05, 0.1) is 6.20 Å². The minimum atomic E-state index is -1.17. The lowest BCUT2D eigenvalue weighted by molar-refractivity contribution is -0.130. The van der Waals surface area contributed by atoms with Crippen molar-refractivity contribution in [2.24, 2.45) is 0 Å². The van der Waals surface area contributed by atoms with Gasteiger partial charge in [0.15, 0.2) is 0 Å². The third-order valence-electron chi connectivity index (χ3n) is 0.861. The smallest absolute Gasteiger partial charge is 0.382 e. The minimum Gasteiger partial charge on any atom is -0.472 e. The molecular weight excluding hydrogens is 144 g/mol. The van der Waals surface area contributed by atoms with Crippen LogP contribution in [0.4, 0.5) is 0 Å². The molecule has 0 atom stereocenters. The molecule has 0 aliphatic heterocycles. The van der Waals surface area contributed by atoms with Crippen molar-refractivity contribution in [1.82, 2.24) is 9.97 Å². The summed E-state index contributed by atoms with van der Waals surface area (Å²) in [5.74, 6) is 3.08. The van der Waals surface area contributed by atoms with E-state index in [0.717, 1.165) is 0 Å². The van der Waals surface area contributed by atoms with Gasteiger partial charge in [-0.15, -0.1) is 0 Å². The van der Waals surface area contributed by atoms with Crippen molar-refractivity contribution >= 4 is 5.97 Å². The summed E-state index contributed by atoms with van der Waals surface area (Å²) in [5.41, 5.74) is 0.356. The molecule has 0 unspecified atom stereocenters. The Morgan fingerprint density at radius 1 is 1.55 bits per heavy atom. The highest BCUT2D eigenvalue weighted by Gasteiger charge is 1.86. The number of aliphatic carboxylic acids is 1. The topological polar surface area (TPSA) is 63.1 Å². The number of rotatable bonds is 0. The maximum absolute atomic E-state index is 9.95. The first-order chi connectivity index (χ1) is 5.29. The highest BCUT2D eigenvalue weighted by molar-refractivity contribution is 5.87. The Labute approximate surface area is 62.9 Å². The van der Waals surface area contributed by atoms with Crippen LogP contribution in [-0.2, 0) is 4.79 Å². The van der Waals surface area contributed by atoms with E-state index >= 15 is 0 Å². The predicted octanol–water partition coefficient (Wildman–Crippen LogP) is -0.0873. The molecule has 0 radical (unpaired) electrons. The first-order valence-electron chi connectivity index (χ1n) is 2.80. The van der Waals surface area contributed by atoms with E-state index in [1.54, 1.807) is 0 Å². The van der Waals surface area contributed by atoms with Gasteiger partial charge in [-0.1, -0.05) is 0 Å². The quantitative estimate of drug-likeness (QED) is 0.522. The van der Waals surface area contributed by atoms with Gasteiger partial charge >= 0.3 is 5.97 Å². The average molecular weight is 148 g/mol. The van der Waals surface area contributed by atoms with Crippen LogP contribution < -0.4 is 0 Å². The minimum absolute atomic E-state index is 0.356. The lowest BCUT2D eigenvalue weighted by Gasteiger charge is -1.82. The van der Waals surface area contributed by atoms with Crippen molar-refractivity contribution in [2.75, 3.05) is 0 Å². The highest BCUT2D eigenvalue weighted by Crippen LogP contribution is 1.84. The Balaban J connectivity index is 2.83. The summed E-state index contributed by atoms with van der Waals surface area (Å²) in [6.07, 6.45) is 4.34. The number of hydrogen-bond acceptors (Lipinski definition) is 3. The Morgan fingerprint density at radius 2 is 2.36 bits per heavy atom. The molecular formula is C7H4N2O2. The van der Waals surface area contributed by atoms with E-state index in [9.17, 15) is 4.79 Å². The van der Waals surface area contributed by atoms with Crippen LogP contribution in [0.15, 0.2) is 18.6 Å². The van der Waals surface area contributed by atoms with Crippen LogP contribution in [0.5, 0.6) is 0 Å². The summed E-state index contributed by atoms with van der Waals surface area (Å²) in [6, 6.07) is 0. The van der Waals surface area contributed by atoms with Gasteiger partial charge in [0.1, 0.15) is 5.69 Å². The van der Waals surface area contributed by atoms with E-state index in [1.165, 1.54) is 18.6 Å². The van der Waals surface area contributed by atoms with Crippen LogP contribution in [0.3, 0.4) is 0 Å². The van der Waals surface area contributed by atoms with Gasteiger partial charge in [-0.25, -0.2) is 9.78 Å². The summed E-state index contributed by atoms with van der Waals surface area (Å²) in [4.78, 5) is 17.4. The molecule has 1 aromatic rings. The predicted molar refractivity (Wildman–Crippen MR) is 36.5 cm³/mol. The van der Waals surface area contributed by atoms with Crippen LogP contribution in [0, 0.1) is 11.8 Å². The van der Waals surface area contributed by atoms with Gasteiger partial charge in [0.2, 0.25) is 0 Å². The van der Waals surface area contributed by atoms with Gasteiger partial charge in [-0.3, -0.25) is 4.98 Å². The molecule has 1 heterocycles. The normalized spacial score (nSPS) is 8.00. The second-order valence-electron chi connectivity index (χ2n) is 1.65. The Morgan fingerprint density at radius 3 is 2.91 bits per heavy atom. The summed E-state index contributed by atoms with van der Waals surface area (Å²) in [6.45, 7) is 0. The largest absolute Gasteiger partial charge is 0.472 e. The first kappa shape index (κ1) is 7.22. The average Bonchev–Trinajstić information content (AvgIpc) is 2.03. The highest BCUT2D eigenvalue weighted by atomic mass is 16.4. The third-order valence-corrected chi connectivity index (χ3v) is 0.861. The Kier molecular flexibility index (Phi) is 2.18. The second kappa shape index (κ2) is 3.32. The molecule has 4 nitrogen and oxygen atoms in total. The van der Waals surface area contributed by atoms with Crippen molar-refractivity contribution in [3.8, 4) is 11.8 Å². The molecule has 0 saturated carbocycles. The molecule has 11 heavy (non-hydrogen) atoms. The van der Waals surface area contributed by atoms with Crippen molar-refractivity contribution in [2.45, 2.75) is 0 Å². The molecule has 0 aromatic carbocycles. The summed E-state index contributed by atoms with van der Waals surface area (Å²) in [7, 11) is 0. The van der Waals surface area contributed by atoms with Gasteiger partial charge in [0.25, 0.3) is 0 Å². The number of hydrogen-bond donors (Lipinski definition) is 1. The summed E-state index contributed by atoms with van der Waals surface area (Å²) in [5, 5.41) is 8.15. The molecule has 0 aliphatic carbocycles. The molecule has 0 bridgehead atoms. The van der Waals surface area contributed by atoms with Crippen molar-refractivity contribution in [1.29, 1.82) is 0 Å². The van der Waals surface area contributed by atoms with Gasteiger partial charge in [-0.2, -0.15) is 0 Å². The number of carbonyl (C=O) groups is 1. The fourth-order valence-corrected chi connectivity index (χ4v) is 0.481. The Bertz CT molecular complexity index is 310. The van der Waals surface area contributed by atoms with Crippen molar-refractivity contribution in [3.05, 3.63) is 24.3 Å². The molecule has 0 aliphatic rings. The van der Waals surface area contributed by atoms with E-state index in [2.05, 4.69) is 15.9 Å². The molecule has 1 N–H and O–H groups in total. The maximum Gasteiger partial charge on any atom is 0.382 e. The van der Waals surface area contributed by atoms with Crippen LogP contribution in [-0.4, -0.2) is 21.0 Å². The number of nitrogens with zero attached hydrogens (tertiary/aromatic N) is 2. The fraction of sp³-hybridized carbons (Fsp3) is 0. The van der Waals surface area contributed by atoms with E-state index in [-0.39, 0.29) is 0 Å². The van der Waals surface area contributed by atoms with E-state index in [0.29, 0.717) is 5.69 Å². The lowest BCUT2D eigenvalue weighted by atomic mass is 10.4. The lowest BCUT2D eigenvalue weighted by Crippen LogP contribution is -1.88. The van der Waals surface area contributed by atoms with Crippen molar-refractivity contribution in [3.63, 3.8) is 0 Å². The molecule has 0 saturated heterocycles. The zero-order valence-corrected chi connectivity index (χ0v) is 5.48. The maximum atomic E-state index is 9.95. The molecule has 4 heteroatoms. The standard InChI is InChI=1S/C7H4N2O2/c10-7(11)2-1-6-5-8-3-4-9-6/h3-5H,(H,10,11). The molecule has 0 amide bonds. The zero-order valence-electron chi connectivity index (χ0n) is 5.48. The van der Waals surface area contributed by atoms with Crippen molar-refractivity contribution < 1.29 is 9.90 Å². The van der Waals surface area contributed by atoms with Crippen LogP contribution in [0.2, 0.25) is 0 Å². The number of aromatic nitrogens is 2. The monoisotopic (exact) mass is 148 g/mol.